The van der Waals surface area contributed by atoms with Gasteiger partial charge in [-0.1, -0.05) is 26.7 Å². The van der Waals surface area contributed by atoms with E-state index in [1.807, 2.05) is 0 Å². The quantitative estimate of drug-likeness (QED) is 0.800. The molecule has 0 aromatic carbocycles. The number of aliphatic hydroxyl groups is 1. The van der Waals surface area contributed by atoms with Crippen LogP contribution < -0.4 is 0 Å². The Kier molecular flexibility index (Phi) is 4.48. The SMILES string of the molecule is CC1CC(C)CC(N(C)C2CCCCC2O)C1. The van der Waals surface area contributed by atoms with Gasteiger partial charge in [0.2, 0.25) is 0 Å². The summed E-state index contributed by atoms with van der Waals surface area (Å²) < 4.78 is 0. The van der Waals surface area contributed by atoms with Crippen LogP contribution in [0.3, 0.4) is 0 Å². The Morgan fingerprint density at radius 2 is 1.53 bits per heavy atom. The third kappa shape index (κ3) is 3.23. The van der Waals surface area contributed by atoms with Crippen molar-refractivity contribution in [3.63, 3.8) is 0 Å². The van der Waals surface area contributed by atoms with Gasteiger partial charge in [-0.25, -0.2) is 0 Å². The molecule has 2 heteroatoms. The first-order valence-electron chi connectivity index (χ1n) is 7.48. The van der Waals surface area contributed by atoms with Crippen molar-refractivity contribution in [2.75, 3.05) is 7.05 Å². The zero-order valence-corrected chi connectivity index (χ0v) is 11.7. The topological polar surface area (TPSA) is 23.5 Å². The van der Waals surface area contributed by atoms with Gasteiger partial charge in [-0.3, -0.25) is 4.90 Å². The third-order valence-corrected chi connectivity index (χ3v) is 4.95. The van der Waals surface area contributed by atoms with E-state index in [4.69, 9.17) is 0 Å². The number of aliphatic hydroxyl groups excluding tert-OH is 1. The molecule has 0 bridgehead atoms. The molecular weight excluding hydrogens is 210 g/mol. The lowest BCUT2D eigenvalue weighted by Crippen LogP contribution is -2.50. The molecule has 2 aliphatic carbocycles. The monoisotopic (exact) mass is 239 g/mol. The van der Waals surface area contributed by atoms with Crippen molar-refractivity contribution in [1.82, 2.24) is 4.90 Å². The summed E-state index contributed by atoms with van der Waals surface area (Å²) >= 11 is 0. The lowest BCUT2D eigenvalue weighted by atomic mass is 9.78. The molecule has 0 heterocycles. The van der Waals surface area contributed by atoms with Gasteiger partial charge >= 0.3 is 0 Å². The summed E-state index contributed by atoms with van der Waals surface area (Å²) in [6.45, 7) is 4.77. The van der Waals surface area contributed by atoms with E-state index >= 15 is 0 Å². The smallest absolute Gasteiger partial charge is 0.0695 e. The van der Waals surface area contributed by atoms with E-state index in [1.54, 1.807) is 0 Å². The first-order valence-corrected chi connectivity index (χ1v) is 7.48. The molecule has 100 valence electrons. The Hall–Kier alpha value is -0.0800. The molecule has 2 rings (SSSR count). The Morgan fingerprint density at radius 1 is 0.941 bits per heavy atom. The maximum Gasteiger partial charge on any atom is 0.0695 e. The summed E-state index contributed by atoms with van der Waals surface area (Å²) in [6, 6.07) is 1.12. The van der Waals surface area contributed by atoms with Gasteiger partial charge < -0.3 is 5.11 Å². The second-order valence-electron chi connectivity index (χ2n) is 6.66. The van der Waals surface area contributed by atoms with Crippen LogP contribution in [0, 0.1) is 11.8 Å². The molecule has 2 saturated carbocycles. The average Bonchev–Trinajstić information content (AvgIpc) is 2.27. The van der Waals surface area contributed by atoms with Crippen LogP contribution in [0.1, 0.15) is 58.8 Å². The molecule has 4 unspecified atom stereocenters. The molecule has 2 aliphatic rings. The fraction of sp³-hybridized carbons (Fsp3) is 1.00. The van der Waals surface area contributed by atoms with Crippen molar-refractivity contribution in [3.8, 4) is 0 Å². The molecule has 4 atom stereocenters. The van der Waals surface area contributed by atoms with Gasteiger partial charge in [0.25, 0.3) is 0 Å². The summed E-state index contributed by atoms with van der Waals surface area (Å²) in [7, 11) is 2.24. The number of hydrogen-bond acceptors (Lipinski definition) is 2. The summed E-state index contributed by atoms with van der Waals surface area (Å²) in [5.74, 6) is 1.71. The van der Waals surface area contributed by atoms with E-state index in [-0.39, 0.29) is 6.10 Å². The lowest BCUT2D eigenvalue weighted by Gasteiger charge is -2.44. The van der Waals surface area contributed by atoms with Crippen molar-refractivity contribution >= 4 is 0 Å². The van der Waals surface area contributed by atoms with Gasteiger partial charge in [0.15, 0.2) is 0 Å². The molecule has 17 heavy (non-hydrogen) atoms. The fourth-order valence-corrected chi connectivity index (χ4v) is 4.07. The summed E-state index contributed by atoms with van der Waals surface area (Å²) in [4.78, 5) is 2.51. The number of hydrogen-bond donors (Lipinski definition) is 1. The highest BCUT2D eigenvalue weighted by Gasteiger charge is 2.33. The van der Waals surface area contributed by atoms with Gasteiger partial charge in [-0.2, -0.15) is 0 Å². The molecular formula is C15H29NO. The summed E-state index contributed by atoms with van der Waals surface area (Å²) in [6.07, 6.45) is 8.66. The highest BCUT2D eigenvalue weighted by molar-refractivity contribution is 4.88. The second kappa shape index (κ2) is 5.71. The van der Waals surface area contributed by atoms with E-state index < -0.39 is 0 Å². The van der Waals surface area contributed by atoms with Gasteiger partial charge in [0.1, 0.15) is 0 Å². The zero-order valence-electron chi connectivity index (χ0n) is 11.7. The summed E-state index contributed by atoms with van der Waals surface area (Å²) in [5, 5.41) is 10.2. The minimum atomic E-state index is -0.0821. The molecule has 0 amide bonds. The molecule has 2 fully saturated rings. The Balaban J connectivity index is 1.95. The molecule has 0 aromatic rings. The highest BCUT2D eigenvalue weighted by Crippen LogP contribution is 2.34. The van der Waals surface area contributed by atoms with E-state index in [2.05, 4.69) is 25.8 Å². The lowest BCUT2D eigenvalue weighted by molar-refractivity contribution is -0.00493. The van der Waals surface area contributed by atoms with Crippen LogP contribution in [0.4, 0.5) is 0 Å². The summed E-state index contributed by atoms with van der Waals surface area (Å²) in [5.41, 5.74) is 0. The van der Waals surface area contributed by atoms with Gasteiger partial charge in [-0.15, -0.1) is 0 Å². The van der Waals surface area contributed by atoms with Crippen molar-refractivity contribution in [3.05, 3.63) is 0 Å². The van der Waals surface area contributed by atoms with Crippen LogP contribution in [-0.2, 0) is 0 Å². The number of nitrogens with zero attached hydrogens (tertiary/aromatic N) is 1. The van der Waals surface area contributed by atoms with E-state index in [0.29, 0.717) is 12.1 Å². The predicted octanol–water partition coefficient (Wildman–Crippen LogP) is 3.05. The van der Waals surface area contributed by atoms with Crippen molar-refractivity contribution in [1.29, 1.82) is 0 Å². The van der Waals surface area contributed by atoms with E-state index in [0.717, 1.165) is 18.3 Å². The Labute approximate surface area is 106 Å². The zero-order chi connectivity index (χ0) is 12.4. The minimum absolute atomic E-state index is 0.0821. The standard InChI is InChI=1S/C15H29NO/c1-11-8-12(2)10-13(9-11)16(3)14-6-4-5-7-15(14)17/h11-15,17H,4-10H2,1-3H3. The van der Waals surface area contributed by atoms with Crippen LogP contribution >= 0.6 is 0 Å². The van der Waals surface area contributed by atoms with E-state index in [9.17, 15) is 5.11 Å². The highest BCUT2D eigenvalue weighted by atomic mass is 16.3. The third-order valence-electron chi connectivity index (χ3n) is 4.95. The molecule has 0 aromatic heterocycles. The van der Waals surface area contributed by atoms with Gasteiger partial charge in [-0.05, 0) is 51.0 Å². The largest absolute Gasteiger partial charge is 0.391 e. The number of rotatable bonds is 2. The van der Waals surface area contributed by atoms with Crippen LogP contribution in [-0.4, -0.2) is 35.2 Å². The molecule has 2 nitrogen and oxygen atoms in total. The van der Waals surface area contributed by atoms with Crippen LogP contribution in [0.25, 0.3) is 0 Å². The molecule has 0 aliphatic heterocycles. The number of likely N-dealkylation sites (N-methyl/N-ethyl adjacent to an activating group) is 1. The minimum Gasteiger partial charge on any atom is -0.391 e. The fourth-order valence-electron chi connectivity index (χ4n) is 4.07. The van der Waals surface area contributed by atoms with Crippen molar-refractivity contribution < 1.29 is 5.11 Å². The molecule has 1 N–H and O–H groups in total. The second-order valence-corrected chi connectivity index (χ2v) is 6.66. The van der Waals surface area contributed by atoms with E-state index in [1.165, 1.54) is 38.5 Å². The Bertz CT molecular complexity index is 233. The molecule has 0 saturated heterocycles. The molecule has 0 spiro atoms. The van der Waals surface area contributed by atoms with Gasteiger partial charge in [0, 0.05) is 12.1 Å². The first-order chi connectivity index (χ1) is 8.08. The van der Waals surface area contributed by atoms with Crippen LogP contribution in [0.5, 0.6) is 0 Å². The maximum atomic E-state index is 10.2. The average molecular weight is 239 g/mol. The van der Waals surface area contributed by atoms with Crippen LogP contribution in [0.2, 0.25) is 0 Å². The van der Waals surface area contributed by atoms with Gasteiger partial charge in [0.05, 0.1) is 6.10 Å². The predicted molar refractivity (Wildman–Crippen MR) is 72.0 cm³/mol. The molecule has 0 radical (unpaired) electrons. The van der Waals surface area contributed by atoms with Crippen molar-refractivity contribution in [2.24, 2.45) is 11.8 Å². The Morgan fingerprint density at radius 3 is 2.12 bits per heavy atom. The van der Waals surface area contributed by atoms with Crippen molar-refractivity contribution in [2.45, 2.75) is 77.0 Å². The van der Waals surface area contributed by atoms with Crippen LogP contribution in [0.15, 0.2) is 0 Å². The maximum absolute atomic E-state index is 10.2. The normalized spacial score (nSPS) is 43.9. The first kappa shape index (κ1) is 13.4.